The van der Waals surface area contributed by atoms with E-state index in [4.69, 9.17) is 13.9 Å². The van der Waals surface area contributed by atoms with Crippen LogP contribution in [0.2, 0.25) is 0 Å². The van der Waals surface area contributed by atoms with Crippen LogP contribution in [-0.2, 0) is 11.2 Å². The molecule has 2 heterocycles. The molecule has 0 bridgehead atoms. The van der Waals surface area contributed by atoms with Crippen molar-refractivity contribution in [3.05, 3.63) is 39.2 Å². The van der Waals surface area contributed by atoms with Gasteiger partial charge < -0.3 is 39.4 Å². The molecule has 6 atom stereocenters. The first-order valence-corrected chi connectivity index (χ1v) is 9.32. The van der Waals surface area contributed by atoms with Crippen molar-refractivity contribution in [1.29, 1.82) is 0 Å². The quantitative estimate of drug-likeness (QED) is 0.441. The summed E-state index contributed by atoms with van der Waals surface area (Å²) >= 11 is 0. The predicted octanol–water partition coefficient (Wildman–Crippen LogP) is -0.452. The van der Waals surface area contributed by atoms with Crippen LogP contribution in [0.1, 0.15) is 29.9 Å². The van der Waals surface area contributed by atoms with Crippen LogP contribution in [0.3, 0.4) is 0 Å². The van der Waals surface area contributed by atoms with Crippen LogP contribution in [0.4, 0.5) is 0 Å². The fourth-order valence-corrected chi connectivity index (χ4v) is 3.80. The molecule has 0 aliphatic carbocycles. The number of methoxy groups -OCH3 is 1. The molecule has 9 nitrogen and oxygen atoms in total. The first kappa shape index (κ1) is 21.7. The molecule has 5 N–H and O–H groups in total. The normalized spacial score (nSPS) is 28.5. The van der Waals surface area contributed by atoms with E-state index in [1.807, 2.05) is 0 Å². The number of hydrogen-bond donors (Lipinski definition) is 5. The summed E-state index contributed by atoms with van der Waals surface area (Å²) in [6.07, 6.45) is -7.33. The number of rotatable bonds is 5. The van der Waals surface area contributed by atoms with Gasteiger partial charge in [-0.1, -0.05) is 0 Å². The number of benzene rings is 1. The minimum atomic E-state index is -1.56. The number of aliphatic hydroxyl groups excluding tert-OH is 5. The molecule has 1 fully saturated rings. The molecular formula is C20H26O9. The van der Waals surface area contributed by atoms with Gasteiger partial charge in [0.2, 0.25) is 0 Å². The maximum atomic E-state index is 12.7. The SMILES string of the molecule is COc1cc2oc(CC(C)O)cc(=O)c2c(C)c1C1OC(CO)C(O)C(O)C1O. The van der Waals surface area contributed by atoms with Gasteiger partial charge in [0.25, 0.3) is 0 Å². The molecule has 1 aliphatic heterocycles. The average molecular weight is 410 g/mol. The minimum absolute atomic E-state index is 0.168. The maximum absolute atomic E-state index is 12.7. The number of ether oxygens (including phenoxy) is 2. The molecule has 0 saturated carbocycles. The van der Waals surface area contributed by atoms with Crippen molar-refractivity contribution in [3.63, 3.8) is 0 Å². The van der Waals surface area contributed by atoms with Gasteiger partial charge in [0, 0.05) is 24.1 Å². The Hall–Kier alpha value is -2.01. The van der Waals surface area contributed by atoms with Crippen molar-refractivity contribution in [3.8, 4) is 5.75 Å². The fourth-order valence-electron chi connectivity index (χ4n) is 3.80. The minimum Gasteiger partial charge on any atom is -0.496 e. The Morgan fingerprint density at radius 1 is 1.17 bits per heavy atom. The molecule has 3 rings (SSSR count). The lowest BCUT2D eigenvalue weighted by molar-refractivity contribution is -0.232. The lowest BCUT2D eigenvalue weighted by atomic mass is 9.87. The second-order valence-corrected chi connectivity index (χ2v) is 7.37. The summed E-state index contributed by atoms with van der Waals surface area (Å²) in [6.45, 7) is 2.65. The van der Waals surface area contributed by atoms with Crippen LogP contribution < -0.4 is 10.2 Å². The third-order valence-corrected chi connectivity index (χ3v) is 5.23. The zero-order valence-corrected chi connectivity index (χ0v) is 16.4. The summed E-state index contributed by atoms with van der Waals surface area (Å²) in [5.74, 6) is 0.566. The molecule has 1 aromatic carbocycles. The van der Waals surface area contributed by atoms with E-state index >= 15 is 0 Å². The van der Waals surface area contributed by atoms with E-state index in [0.29, 0.717) is 16.9 Å². The van der Waals surface area contributed by atoms with Crippen molar-refractivity contribution in [1.82, 2.24) is 0 Å². The fraction of sp³-hybridized carbons (Fsp3) is 0.550. The molecule has 160 valence electrons. The Morgan fingerprint density at radius 3 is 2.45 bits per heavy atom. The lowest BCUT2D eigenvalue weighted by Crippen LogP contribution is -2.55. The van der Waals surface area contributed by atoms with Crippen LogP contribution in [0.15, 0.2) is 21.3 Å². The molecule has 6 unspecified atom stereocenters. The van der Waals surface area contributed by atoms with Gasteiger partial charge in [-0.2, -0.15) is 0 Å². The van der Waals surface area contributed by atoms with E-state index in [-0.39, 0.29) is 28.6 Å². The Kier molecular flexibility index (Phi) is 6.27. The highest BCUT2D eigenvalue weighted by atomic mass is 16.5. The Bertz CT molecular complexity index is 934. The van der Waals surface area contributed by atoms with Gasteiger partial charge in [0.05, 0.1) is 25.2 Å². The van der Waals surface area contributed by atoms with Gasteiger partial charge in [-0.15, -0.1) is 0 Å². The average Bonchev–Trinajstić information content (AvgIpc) is 2.66. The van der Waals surface area contributed by atoms with Crippen LogP contribution in [0.5, 0.6) is 5.75 Å². The summed E-state index contributed by atoms with van der Waals surface area (Å²) in [5.41, 5.74) is 0.636. The maximum Gasteiger partial charge on any atom is 0.193 e. The second-order valence-electron chi connectivity index (χ2n) is 7.37. The third-order valence-electron chi connectivity index (χ3n) is 5.23. The van der Waals surface area contributed by atoms with E-state index in [2.05, 4.69) is 0 Å². The van der Waals surface area contributed by atoms with Crippen molar-refractivity contribution in [2.45, 2.75) is 56.9 Å². The smallest absolute Gasteiger partial charge is 0.193 e. The van der Waals surface area contributed by atoms with E-state index in [1.165, 1.54) is 19.2 Å². The zero-order chi connectivity index (χ0) is 21.5. The van der Waals surface area contributed by atoms with Gasteiger partial charge in [-0.25, -0.2) is 0 Å². The number of aryl methyl sites for hydroxylation is 1. The van der Waals surface area contributed by atoms with Crippen LogP contribution in [0.25, 0.3) is 11.0 Å². The van der Waals surface area contributed by atoms with E-state index in [9.17, 15) is 30.3 Å². The molecule has 1 saturated heterocycles. The summed E-state index contributed by atoms with van der Waals surface area (Å²) in [5, 5.41) is 49.9. The van der Waals surface area contributed by atoms with Gasteiger partial charge >= 0.3 is 0 Å². The van der Waals surface area contributed by atoms with Gasteiger partial charge in [0.1, 0.15) is 47.6 Å². The second kappa shape index (κ2) is 8.39. The van der Waals surface area contributed by atoms with Crippen molar-refractivity contribution in [2.24, 2.45) is 0 Å². The highest BCUT2D eigenvalue weighted by Crippen LogP contribution is 2.41. The zero-order valence-electron chi connectivity index (χ0n) is 16.4. The van der Waals surface area contributed by atoms with E-state index in [0.717, 1.165) is 0 Å². The number of fused-ring (bicyclic) bond motifs is 1. The van der Waals surface area contributed by atoms with Gasteiger partial charge in [0.15, 0.2) is 5.43 Å². The Balaban J connectivity index is 2.19. The summed E-state index contributed by atoms with van der Waals surface area (Å²) < 4.78 is 16.8. The summed E-state index contributed by atoms with van der Waals surface area (Å²) in [6, 6.07) is 2.78. The van der Waals surface area contributed by atoms with Crippen molar-refractivity contribution in [2.75, 3.05) is 13.7 Å². The Morgan fingerprint density at radius 2 is 1.86 bits per heavy atom. The van der Waals surface area contributed by atoms with Gasteiger partial charge in [-0.3, -0.25) is 4.79 Å². The summed E-state index contributed by atoms with van der Waals surface area (Å²) in [7, 11) is 1.39. The first-order chi connectivity index (χ1) is 13.7. The topological polar surface area (TPSA) is 150 Å². The van der Waals surface area contributed by atoms with E-state index in [1.54, 1.807) is 13.8 Å². The van der Waals surface area contributed by atoms with Gasteiger partial charge in [-0.05, 0) is 19.4 Å². The molecule has 0 spiro atoms. The number of hydrogen-bond acceptors (Lipinski definition) is 9. The molecule has 0 radical (unpaired) electrons. The highest BCUT2D eigenvalue weighted by Gasteiger charge is 2.45. The lowest BCUT2D eigenvalue weighted by Gasteiger charge is -2.41. The van der Waals surface area contributed by atoms with Crippen molar-refractivity contribution >= 4 is 11.0 Å². The largest absolute Gasteiger partial charge is 0.496 e. The summed E-state index contributed by atoms with van der Waals surface area (Å²) in [4.78, 5) is 12.7. The highest BCUT2D eigenvalue weighted by molar-refractivity contribution is 5.84. The molecular weight excluding hydrogens is 384 g/mol. The predicted molar refractivity (Wildman–Crippen MR) is 102 cm³/mol. The standard InChI is InChI=1S/C20H26O9/c1-8(22)4-10-5-11(23)15-9(2)16(12(27-3)6-13(15)28-10)20-19(26)18(25)17(24)14(7-21)29-20/h5-6,8,14,17-22,24-26H,4,7H2,1-3H3. The molecule has 1 aliphatic rings. The van der Waals surface area contributed by atoms with Crippen LogP contribution >= 0.6 is 0 Å². The monoisotopic (exact) mass is 410 g/mol. The number of aliphatic hydroxyl groups is 5. The molecule has 29 heavy (non-hydrogen) atoms. The third kappa shape index (κ3) is 3.89. The molecule has 9 heteroatoms. The molecule has 0 amide bonds. The molecule has 1 aromatic heterocycles. The van der Waals surface area contributed by atoms with Crippen LogP contribution in [0, 0.1) is 6.92 Å². The Labute approximate surface area is 166 Å². The molecule has 2 aromatic rings. The first-order valence-electron chi connectivity index (χ1n) is 9.32. The van der Waals surface area contributed by atoms with Crippen LogP contribution in [-0.4, -0.2) is 69.8 Å². The van der Waals surface area contributed by atoms with Crippen molar-refractivity contribution < 1.29 is 39.4 Å². The van der Waals surface area contributed by atoms with E-state index < -0.39 is 43.2 Å².